The standard InChI is InChI=1S/C28H24N4O4/c1-18-7-8-19(2)32(18)22-11-9-20(10-12-22)27(33)30-29-15-21-16-31(25-6-4-3-5-24(21)25)17-23-13-14-26(36-23)28(34)35/h3-16H,17H2,1-2H3,(H,30,33)(H,34,35). The van der Waals surface area contributed by atoms with Crippen molar-refractivity contribution in [3.8, 4) is 5.69 Å². The summed E-state index contributed by atoms with van der Waals surface area (Å²) in [6, 6.07) is 22.4. The number of hydrogen-bond donors (Lipinski definition) is 2. The molecular weight excluding hydrogens is 456 g/mol. The fraction of sp³-hybridized carbons (Fsp3) is 0.107. The van der Waals surface area contributed by atoms with E-state index in [1.807, 2.05) is 61.0 Å². The summed E-state index contributed by atoms with van der Waals surface area (Å²) in [5.41, 5.74) is 8.10. The van der Waals surface area contributed by atoms with E-state index in [0.29, 0.717) is 17.9 Å². The molecule has 0 atom stereocenters. The average Bonchev–Trinajstić information content (AvgIpc) is 3.58. The number of furan rings is 1. The summed E-state index contributed by atoms with van der Waals surface area (Å²) in [5, 5.41) is 14.2. The van der Waals surface area contributed by atoms with Gasteiger partial charge in [-0.05, 0) is 68.4 Å². The largest absolute Gasteiger partial charge is 0.475 e. The number of nitrogens with one attached hydrogen (secondary N) is 1. The molecule has 8 nitrogen and oxygen atoms in total. The SMILES string of the molecule is Cc1ccc(C)n1-c1ccc(C(=O)NN=Cc2cn(Cc3ccc(C(=O)O)o3)c3ccccc23)cc1. The number of carboxylic acid groups (broad SMARTS) is 1. The first kappa shape index (κ1) is 22.9. The van der Waals surface area contributed by atoms with Gasteiger partial charge in [0, 0.05) is 45.3 Å². The highest BCUT2D eigenvalue weighted by molar-refractivity contribution is 6.00. The van der Waals surface area contributed by atoms with Crippen LogP contribution >= 0.6 is 0 Å². The molecule has 8 heteroatoms. The fourth-order valence-corrected chi connectivity index (χ4v) is 4.32. The summed E-state index contributed by atoms with van der Waals surface area (Å²) in [4.78, 5) is 23.7. The molecule has 0 unspecified atom stereocenters. The number of nitrogens with zero attached hydrogens (tertiary/aromatic N) is 3. The number of carbonyl (C=O) groups is 2. The number of hydrazone groups is 1. The summed E-state index contributed by atoms with van der Waals surface area (Å²) < 4.78 is 9.48. The molecule has 5 rings (SSSR count). The van der Waals surface area contributed by atoms with Gasteiger partial charge < -0.3 is 18.7 Å². The van der Waals surface area contributed by atoms with E-state index in [0.717, 1.165) is 33.5 Å². The van der Waals surface area contributed by atoms with Crippen molar-refractivity contribution >= 4 is 29.0 Å². The van der Waals surface area contributed by atoms with Crippen LogP contribution in [0.4, 0.5) is 0 Å². The quantitative estimate of drug-likeness (QED) is 0.248. The Hall–Kier alpha value is -4.85. The highest BCUT2D eigenvalue weighted by atomic mass is 16.4. The van der Waals surface area contributed by atoms with Gasteiger partial charge in [0.2, 0.25) is 5.76 Å². The molecular formula is C28H24N4O4. The molecule has 180 valence electrons. The number of amides is 1. The third kappa shape index (κ3) is 4.44. The predicted molar refractivity (Wildman–Crippen MR) is 137 cm³/mol. The second-order valence-corrected chi connectivity index (χ2v) is 8.50. The van der Waals surface area contributed by atoms with E-state index >= 15 is 0 Å². The van der Waals surface area contributed by atoms with Crippen LogP contribution in [0.1, 0.15) is 43.6 Å². The van der Waals surface area contributed by atoms with Gasteiger partial charge in [0.05, 0.1) is 12.8 Å². The van der Waals surface area contributed by atoms with Gasteiger partial charge in [-0.3, -0.25) is 4.79 Å². The van der Waals surface area contributed by atoms with Gasteiger partial charge in [-0.25, -0.2) is 10.2 Å². The molecule has 1 amide bonds. The highest BCUT2D eigenvalue weighted by Gasteiger charge is 2.12. The molecule has 2 N–H and O–H groups in total. The number of aryl methyl sites for hydroxylation is 2. The second kappa shape index (κ2) is 9.42. The van der Waals surface area contributed by atoms with Crippen LogP contribution in [0.25, 0.3) is 16.6 Å². The zero-order valence-electron chi connectivity index (χ0n) is 19.8. The van der Waals surface area contributed by atoms with Crippen molar-refractivity contribution < 1.29 is 19.1 Å². The molecule has 0 saturated heterocycles. The normalized spacial score (nSPS) is 11.4. The van der Waals surface area contributed by atoms with Gasteiger partial charge in [-0.15, -0.1) is 0 Å². The Bertz CT molecular complexity index is 1580. The maximum Gasteiger partial charge on any atom is 0.371 e. The molecule has 0 bridgehead atoms. The number of para-hydroxylation sites is 1. The van der Waals surface area contributed by atoms with Crippen molar-refractivity contribution in [2.45, 2.75) is 20.4 Å². The zero-order chi connectivity index (χ0) is 25.2. The minimum atomic E-state index is -1.10. The van der Waals surface area contributed by atoms with Crippen molar-refractivity contribution in [2.24, 2.45) is 5.10 Å². The van der Waals surface area contributed by atoms with E-state index in [2.05, 4.69) is 27.2 Å². The fourth-order valence-electron chi connectivity index (χ4n) is 4.32. The summed E-state index contributed by atoms with van der Waals surface area (Å²) in [6.45, 7) is 4.45. The van der Waals surface area contributed by atoms with Gasteiger partial charge in [-0.2, -0.15) is 5.10 Å². The number of benzene rings is 2. The number of hydrogen-bond acceptors (Lipinski definition) is 4. The molecule has 36 heavy (non-hydrogen) atoms. The molecule has 0 saturated carbocycles. The first-order chi connectivity index (χ1) is 17.4. The molecule has 0 aliphatic heterocycles. The van der Waals surface area contributed by atoms with E-state index in [1.54, 1.807) is 24.4 Å². The lowest BCUT2D eigenvalue weighted by Crippen LogP contribution is -2.17. The van der Waals surface area contributed by atoms with Gasteiger partial charge >= 0.3 is 5.97 Å². The van der Waals surface area contributed by atoms with E-state index in [1.165, 1.54) is 6.07 Å². The number of aromatic carboxylic acids is 1. The smallest absolute Gasteiger partial charge is 0.371 e. The minimum Gasteiger partial charge on any atom is -0.475 e. The number of carbonyl (C=O) groups excluding carboxylic acids is 1. The summed E-state index contributed by atoms with van der Waals surface area (Å²) in [6.07, 6.45) is 3.49. The zero-order valence-corrected chi connectivity index (χ0v) is 19.8. The predicted octanol–water partition coefficient (Wildman–Crippen LogP) is 5.15. The lowest BCUT2D eigenvalue weighted by atomic mass is 10.2. The number of carboxylic acids is 1. The van der Waals surface area contributed by atoms with E-state index in [4.69, 9.17) is 9.52 Å². The lowest BCUT2D eigenvalue weighted by Gasteiger charge is -2.10. The topological polar surface area (TPSA) is 102 Å². The second-order valence-electron chi connectivity index (χ2n) is 8.50. The van der Waals surface area contributed by atoms with Crippen LogP contribution in [0.3, 0.4) is 0 Å². The van der Waals surface area contributed by atoms with Crippen molar-refractivity contribution in [1.82, 2.24) is 14.6 Å². The maximum atomic E-state index is 12.6. The first-order valence-corrected chi connectivity index (χ1v) is 11.4. The molecule has 3 aromatic heterocycles. The van der Waals surface area contributed by atoms with Crippen LogP contribution < -0.4 is 5.43 Å². The van der Waals surface area contributed by atoms with Gasteiger partial charge in [0.15, 0.2) is 0 Å². The van der Waals surface area contributed by atoms with Gasteiger partial charge in [-0.1, -0.05) is 18.2 Å². The van der Waals surface area contributed by atoms with E-state index in [9.17, 15) is 9.59 Å². The Morgan fingerprint density at radius 2 is 1.69 bits per heavy atom. The monoisotopic (exact) mass is 480 g/mol. The first-order valence-electron chi connectivity index (χ1n) is 11.4. The molecule has 2 aromatic carbocycles. The molecule has 0 aliphatic rings. The maximum absolute atomic E-state index is 12.6. The third-order valence-electron chi connectivity index (χ3n) is 6.05. The van der Waals surface area contributed by atoms with Gasteiger partial charge in [0.25, 0.3) is 5.91 Å². The highest BCUT2D eigenvalue weighted by Crippen LogP contribution is 2.22. The van der Waals surface area contributed by atoms with Crippen LogP contribution in [-0.2, 0) is 6.54 Å². The van der Waals surface area contributed by atoms with Crippen LogP contribution in [0.5, 0.6) is 0 Å². The van der Waals surface area contributed by atoms with E-state index in [-0.39, 0.29) is 11.7 Å². The van der Waals surface area contributed by atoms with Crippen molar-refractivity contribution in [3.63, 3.8) is 0 Å². The molecule has 5 aromatic rings. The molecule has 0 spiro atoms. The molecule has 0 radical (unpaired) electrons. The van der Waals surface area contributed by atoms with Crippen molar-refractivity contribution in [1.29, 1.82) is 0 Å². The Balaban J connectivity index is 1.31. The Labute approximate surface area is 207 Å². The van der Waals surface area contributed by atoms with Crippen molar-refractivity contribution in [3.05, 3.63) is 113 Å². The molecule has 3 heterocycles. The van der Waals surface area contributed by atoms with E-state index < -0.39 is 5.97 Å². The number of aromatic nitrogens is 2. The lowest BCUT2D eigenvalue weighted by molar-refractivity contribution is 0.0660. The Kier molecular flexibility index (Phi) is 6.00. The number of fused-ring (bicyclic) bond motifs is 1. The van der Waals surface area contributed by atoms with Crippen LogP contribution in [-0.4, -0.2) is 32.3 Å². The van der Waals surface area contributed by atoms with Crippen molar-refractivity contribution in [2.75, 3.05) is 0 Å². The minimum absolute atomic E-state index is 0.0994. The summed E-state index contributed by atoms with van der Waals surface area (Å²) in [5.74, 6) is -0.984. The summed E-state index contributed by atoms with van der Waals surface area (Å²) in [7, 11) is 0. The van der Waals surface area contributed by atoms with Crippen LogP contribution in [0.15, 0.2) is 88.5 Å². The Morgan fingerprint density at radius 3 is 2.39 bits per heavy atom. The van der Waals surface area contributed by atoms with Crippen LogP contribution in [0.2, 0.25) is 0 Å². The average molecular weight is 481 g/mol. The van der Waals surface area contributed by atoms with Crippen LogP contribution in [0, 0.1) is 13.8 Å². The molecule has 0 aliphatic carbocycles. The Morgan fingerprint density at radius 1 is 0.972 bits per heavy atom. The third-order valence-corrected chi connectivity index (χ3v) is 6.05. The molecule has 0 fully saturated rings. The van der Waals surface area contributed by atoms with Gasteiger partial charge in [0.1, 0.15) is 5.76 Å². The summed E-state index contributed by atoms with van der Waals surface area (Å²) >= 11 is 0. The number of rotatable bonds is 7.